The molecule has 0 aliphatic rings. The van der Waals surface area contributed by atoms with Crippen molar-refractivity contribution < 1.29 is 24.2 Å². The van der Waals surface area contributed by atoms with Gasteiger partial charge in [-0.05, 0) is 45.6 Å². The highest BCUT2D eigenvalue weighted by Crippen LogP contribution is 2.10. The summed E-state index contributed by atoms with van der Waals surface area (Å²) in [5.74, 6) is -0.511. The first kappa shape index (κ1) is 20.0. The van der Waals surface area contributed by atoms with Crippen molar-refractivity contribution in [2.75, 3.05) is 6.61 Å². The molecule has 1 atom stereocenters. The molecule has 6 heteroatoms. The summed E-state index contributed by atoms with van der Waals surface area (Å²) in [7, 11) is 0. The molecule has 0 bridgehead atoms. The second-order valence-electron chi connectivity index (χ2n) is 6.51. The molecule has 1 aromatic rings. The van der Waals surface area contributed by atoms with Gasteiger partial charge in [-0.15, -0.1) is 0 Å². The van der Waals surface area contributed by atoms with Crippen molar-refractivity contribution in [1.29, 1.82) is 0 Å². The van der Waals surface area contributed by atoms with E-state index in [1.54, 1.807) is 20.8 Å². The SMILES string of the molecule is CC(C)(C)OC(=O)NC(CCCCO)C(=O)OCc1ccccc1. The fourth-order valence-electron chi connectivity index (χ4n) is 1.99. The highest BCUT2D eigenvalue weighted by Gasteiger charge is 2.25. The summed E-state index contributed by atoms with van der Waals surface area (Å²) in [5.41, 5.74) is 0.227. The highest BCUT2D eigenvalue weighted by atomic mass is 16.6. The van der Waals surface area contributed by atoms with Gasteiger partial charge in [0.15, 0.2) is 0 Å². The second kappa shape index (κ2) is 9.93. The number of hydrogen-bond donors (Lipinski definition) is 2. The summed E-state index contributed by atoms with van der Waals surface area (Å²) in [6, 6.07) is 8.52. The van der Waals surface area contributed by atoms with Crippen LogP contribution in [0.3, 0.4) is 0 Å². The molecule has 1 unspecified atom stereocenters. The highest BCUT2D eigenvalue weighted by molar-refractivity contribution is 5.81. The van der Waals surface area contributed by atoms with E-state index in [0.29, 0.717) is 19.3 Å². The molecule has 0 saturated heterocycles. The number of hydrogen-bond acceptors (Lipinski definition) is 5. The minimum absolute atomic E-state index is 0.0399. The number of esters is 1. The van der Waals surface area contributed by atoms with Gasteiger partial charge in [-0.25, -0.2) is 9.59 Å². The van der Waals surface area contributed by atoms with Gasteiger partial charge in [-0.1, -0.05) is 30.3 Å². The van der Waals surface area contributed by atoms with Crippen LogP contribution in [0.2, 0.25) is 0 Å². The van der Waals surface area contributed by atoms with Crippen molar-refractivity contribution in [3.63, 3.8) is 0 Å². The summed E-state index contributed by atoms with van der Waals surface area (Å²) in [6.07, 6.45) is 0.872. The van der Waals surface area contributed by atoms with Gasteiger partial charge in [0, 0.05) is 6.61 Å². The van der Waals surface area contributed by atoms with Crippen molar-refractivity contribution >= 4 is 12.1 Å². The van der Waals surface area contributed by atoms with E-state index in [1.165, 1.54) is 0 Å². The fraction of sp³-hybridized carbons (Fsp3) is 0.556. The maximum Gasteiger partial charge on any atom is 0.408 e. The number of nitrogens with one attached hydrogen (secondary N) is 1. The zero-order valence-electron chi connectivity index (χ0n) is 14.6. The van der Waals surface area contributed by atoms with Gasteiger partial charge in [-0.3, -0.25) is 0 Å². The number of amides is 1. The molecule has 6 nitrogen and oxygen atoms in total. The normalized spacial score (nSPS) is 12.3. The molecule has 0 fully saturated rings. The van der Waals surface area contributed by atoms with Gasteiger partial charge in [0.25, 0.3) is 0 Å². The van der Waals surface area contributed by atoms with Gasteiger partial charge in [0.1, 0.15) is 18.2 Å². The molecule has 0 heterocycles. The Morgan fingerprint density at radius 1 is 1.17 bits per heavy atom. The first-order valence-corrected chi connectivity index (χ1v) is 8.13. The van der Waals surface area contributed by atoms with Crippen LogP contribution in [0.15, 0.2) is 30.3 Å². The van der Waals surface area contributed by atoms with Gasteiger partial charge < -0.3 is 19.9 Å². The predicted molar refractivity (Wildman–Crippen MR) is 90.3 cm³/mol. The number of carbonyl (C=O) groups is 2. The molecule has 1 amide bonds. The van der Waals surface area contributed by atoms with Gasteiger partial charge >= 0.3 is 12.1 Å². The largest absolute Gasteiger partial charge is 0.459 e. The number of ether oxygens (including phenoxy) is 2. The Labute approximate surface area is 143 Å². The van der Waals surface area contributed by atoms with E-state index in [0.717, 1.165) is 5.56 Å². The van der Waals surface area contributed by atoms with Crippen LogP contribution < -0.4 is 5.32 Å². The fourth-order valence-corrected chi connectivity index (χ4v) is 1.99. The maximum atomic E-state index is 12.3. The number of aliphatic hydroxyl groups is 1. The van der Waals surface area contributed by atoms with Crippen LogP contribution in [0, 0.1) is 0 Å². The van der Waals surface area contributed by atoms with Crippen molar-refractivity contribution in [1.82, 2.24) is 5.32 Å². The number of unbranched alkanes of at least 4 members (excludes halogenated alkanes) is 1. The molecular formula is C18H27NO5. The molecule has 1 aromatic carbocycles. The number of rotatable bonds is 8. The Hall–Kier alpha value is -2.08. The molecule has 0 aromatic heterocycles. The third kappa shape index (κ3) is 8.53. The lowest BCUT2D eigenvalue weighted by molar-refractivity contribution is -0.147. The van der Waals surface area contributed by atoms with Crippen LogP contribution in [0.4, 0.5) is 4.79 Å². The summed E-state index contributed by atoms with van der Waals surface area (Å²) in [4.78, 5) is 24.1. The van der Waals surface area contributed by atoms with Crippen molar-refractivity contribution in [2.45, 2.75) is 58.3 Å². The van der Waals surface area contributed by atoms with Gasteiger partial charge in [-0.2, -0.15) is 0 Å². The molecule has 2 N–H and O–H groups in total. The Morgan fingerprint density at radius 2 is 1.83 bits per heavy atom. The van der Waals surface area contributed by atoms with Crippen molar-refractivity contribution in [3.05, 3.63) is 35.9 Å². The standard InChI is InChI=1S/C18H27NO5/c1-18(2,3)24-17(22)19-15(11-7-8-12-20)16(21)23-13-14-9-5-4-6-10-14/h4-6,9-10,15,20H,7-8,11-13H2,1-3H3,(H,19,22). The molecule has 0 spiro atoms. The third-order valence-corrected chi connectivity index (χ3v) is 3.10. The summed E-state index contributed by atoms with van der Waals surface area (Å²) < 4.78 is 10.5. The molecule has 1 rings (SSSR count). The molecular weight excluding hydrogens is 310 g/mol. The zero-order chi connectivity index (χ0) is 18.0. The number of aliphatic hydroxyl groups excluding tert-OH is 1. The van der Waals surface area contributed by atoms with E-state index in [-0.39, 0.29) is 13.2 Å². The minimum Gasteiger partial charge on any atom is -0.459 e. The van der Waals surface area contributed by atoms with Crippen LogP contribution in [0.1, 0.15) is 45.6 Å². The van der Waals surface area contributed by atoms with E-state index in [4.69, 9.17) is 14.6 Å². The summed E-state index contributed by atoms with van der Waals surface area (Å²) >= 11 is 0. The van der Waals surface area contributed by atoms with E-state index in [2.05, 4.69) is 5.32 Å². The van der Waals surface area contributed by atoms with Crippen molar-refractivity contribution in [3.8, 4) is 0 Å². The summed E-state index contributed by atoms with van der Waals surface area (Å²) in [6.45, 7) is 5.44. The second-order valence-corrected chi connectivity index (χ2v) is 6.51. The molecule has 134 valence electrons. The predicted octanol–water partition coefficient (Wildman–Crippen LogP) is 2.79. The average molecular weight is 337 g/mol. The van der Waals surface area contributed by atoms with Crippen molar-refractivity contribution in [2.24, 2.45) is 0 Å². The number of carbonyl (C=O) groups excluding carboxylic acids is 2. The van der Waals surface area contributed by atoms with Gasteiger partial charge in [0.2, 0.25) is 0 Å². The lowest BCUT2D eigenvalue weighted by Crippen LogP contribution is -2.44. The Kier molecular flexibility index (Phi) is 8.26. The Bertz CT molecular complexity index is 510. The quantitative estimate of drug-likeness (QED) is 0.563. The van der Waals surface area contributed by atoms with Crippen LogP contribution in [0.5, 0.6) is 0 Å². The molecule has 0 saturated carbocycles. The Balaban J connectivity index is 2.58. The van der Waals surface area contributed by atoms with Crippen LogP contribution in [-0.4, -0.2) is 35.4 Å². The first-order chi connectivity index (χ1) is 11.3. The van der Waals surface area contributed by atoms with Crippen LogP contribution in [0.25, 0.3) is 0 Å². The minimum atomic E-state index is -0.796. The first-order valence-electron chi connectivity index (χ1n) is 8.13. The topological polar surface area (TPSA) is 84.9 Å². The Morgan fingerprint density at radius 3 is 2.42 bits per heavy atom. The van der Waals surface area contributed by atoms with Crippen LogP contribution >= 0.6 is 0 Å². The van der Waals surface area contributed by atoms with Gasteiger partial charge in [0.05, 0.1) is 0 Å². The summed E-state index contributed by atoms with van der Waals surface area (Å²) in [5, 5.41) is 11.4. The monoisotopic (exact) mass is 337 g/mol. The van der Waals surface area contributed by atoms with E-state index in [9.17, 15) is 9.59 Å². The number of benzene rings is 1. The molecule has 0 radical (unpaired) electrons. The molecule has 24 heavy (non-hydrogen) atoms. The van der Waals surface area contributed by atoms with E-state index >= 15 is 0 Å². The maximum absolute atomic E-state index is 12.3. The smallest absolute Gasteiger partial charge is 0.408 e. The molecule has 0 aliphatic carbocycles. The number of alkyl carbamates (subject to hydrolysis) is 1. The molecule has 0 aliphatic heterocycles. The lowest BCUT2D eigenvalue weighted by atomic mass is 10.1. The van der Waals surface area contributed by atoms with E-state index in [1.807, 2.05) is 30.3 Å². The van der Waals surface area contributed by atoms with Crippen LogP contribution in [-0.2, 0) is 20.9 Å². The average Bonchev–Trinajstić information content (AvgIpc) is 2.51. The zero-order valence-corrected chi connectivity index (χ0v) is 14.6. The van der Waals surface area contributed by atoms with E-state index < -0.39 is 23.7 Å². The lowest BCUT2D eigenvalue weighted by Gasteiger charge is -2.23. The third-order valence-electron chi connectivity index (χ3n) is 3.10.